The topological polar surface area (TPSA) is 81.9 Å². The molecule has 0 saturated heterocycles. The average Bonchev–Trinajstić information content (AvgIpc) is 2.26. The van der Waals surface area contributed by atoms with E-state index in [4.69, 9.17) is 5.73 Å². The van der Waals surface area contributed by atoms with Gasteiger partial charge in [0.1, 0.15) is 0 Å². The maximum atomic E-state index is 11.1. The molecule has 0 saturated carbocycles. The third-order valence-electron chi connectivity index (χ3n) is 2.08. The quantitative estimate of drug-likeness (QED) is 0.575. The van der Waals surface area contributed by atoms with E-state index in [1.165, 1.54) is 14.2 Å². The van der Waals surface area contributed by atoms with Crippen molar-refractivity contribution < 1.29 is 19.1 Å². The fourth-order valence-electron chi connectivity index (χ4n) is 0.977. The molecule has 1 unspecified atom stereocenters. The standard InChI is InChI=1S/C9H18N2O4/c1-7(4-10)11(5-8(12)14-2)6-9(13)15-3/h7H,4-6,10H2,1-3H3. The van der Waals surface area contributed by atoms with Gasteiger partial charge in [0.2, 0.25) is 0 Å². The number of methoxy groups -OCH3 is 2. The van der Waals surface area contributed by atoms with Crippen LogP contribution in [0.4, 0.5) is 0 Å². The lowest BCUT2D eigenvalue weighted by molar-refractivity contribution is -0.146. The molecule has 15 heavy (non-hydrogen) atoms. The smallest absolute Gasteiger partial charge is 0.319 e. The third kappa shape index (κ3) is 5.34. The Hall–Kier alpha value is -1.14. The number of esters is 2. The molecule has 0 aliphatic rings. The van der Waals surface area contributed by atoms with E-state index >= 15 is 0 Å². The Balaban J connectivity index is 4.30. The number of nitrogens with two attached hydrogens (primary N) is 1. The number of hydrogen-bond acceptors (Lipinski definition) is 6. The van der Waals surface area contributed by atoms with Gasteiger partial charge < -0.3 is 15.2 Å². The molecule has 0 rings (SSSR count). The molecule has 0 spiro atoms. The van der Waals surface area contributed by atoms with Gasteiger partial charge in [0.15, 0.2) is 0 Å². The van der Waals surface area contributed by atoms with E-state index in [-0.39, 0.29) is 19.1 Å². The van der Waals surface area contributed by atoms with Crippen LogP contribution in [0.1, 0.15) is 6.92 Å². The van der Waals surface area contributed by atoms with Gasteiger partial charge in [-0.3, -0.25) is 14.5 Å². The van der Waals surface area contributed by atoms with E-state index in [9.17, 15) is 9.59 Å². The van der Waals surface area contributed by atoms with Crippen LogP contribution in [-0.4, -0.2) is 56.7 Å². The SMILES string of the molecule is COC(=O)CN(CC(=O)OC)C(C)CN. The molecule has 6 nitrogen and oxygen atoms in total. The molecule has 0 aromatic heterocycles. The lowest BCUT2D eigenvalue weighted by Gasteiger charge is -2.25. The van der Waals surface area contributed by atoms with Crippen molar-refractivity contribution in [3.8, 4) is 0 Å². The van der Waals surface area contributed by atoms with Gasteiger partial charge in [0.05, 0.1) is 27.3 Å². The molecule has 0 amide bonds. The molecule has 0 aliphatic carbocycles. The minimum absolute atomic E-state index is 0.0317. The van der Waals surface area contributed by atoms with Gasteiger partial charge in [-0.15, -0.1) is 0 Å². The van der Waals surface area contributed by atoms with Crippen molar-refractivity contribution in [3.63, 3.8) is 0 Å². The second-order valence-corrected chi connectivity index (χ2v) is 3.14. The second-order valence-electron chi connectivity index (χ2n) is 3.14. The number of nitrogens with zero attached hydrogens (tertiary/aromatic N) is 1. The van der Waals surface area contributed by atoms with Crippen LogP contribution in [0, 0.1) is 0 Å². The van der Waals surface area contributed by atoms with Crippen LogP contribution in [0.2, 0.25) is 0 Å². The summed E-state index contributed by atoms with van der Waals surface area (Å²) in [6.45, 7) is 2.24. The van der Waals surface area contributed by atoms with Crippen LogP contribution in [0.3, 0.4) is 0 Å². The zero-order valence-corrected chi connectivity index (χ0v) is 9.36. The summed E-state index contributed by atoms with van der Waals surface area (Å²) in [4.78, 5) is 23.7. The third-order valence-corrected chi connectivity index (χ3v) is 2.08. The van der Waals surface area contributed by atoms with Crippen LogP contribution in [-0.2, 0) is 19.1 Å². The fraction of sp³-hybridized carbons (Fsp3) is 0.778. The summed E-state index contributed by atoms with van der Waals surface area (Å²) in [5.41, 5.74) is 5.46. The zero-order valence-electron chi connectivity index (χ0n) is 9.36. The molecule has 0 aromatic rings. The van der Waals surface area contributed by atoms with Crippen molar-refractivity contribution in [2.75, 3.05) is 33.9 Å². The summed E-state index contributed by atoms with van der Waals surface area (Å²) >= 11 is 0. The number of carbonyl (C=O) groups is 2. The first-order chi connectivity index (χ1) is 7.04. The van der Waals surface area contributed by atoms with Crippen LogP contribution in [0.5, 0.6) is 0 Å². The number of hydrogen-bond donors (Lipinski definition) is 1. The van der Waals surface area contributed by atoms with Gasteiger partial charge in [-0.2, -0.15) is 0 Å². The minimum Gasteiger partial charge on any atom is -0.468 e. The zero-order chi connectivity index (χ0) is 11.8. The highest BCUT2D eigenvalue weighted by Crippen LogP contribution is 1.98. The van der Waals surface area contributed by atoms with Crippen molar-refractivity contribution in [3.05, 3.63) is 0 Å². The number of carbonyl (C=O) groups excluding carboxylic acids is 2. The van der Waals surface area contributed by atoms with E-state index in [1.807, 2.05) is 6.92 Å². The fourth-order valence-corrected chi connectivity index (χ4v) is 0.977. The summed E-state index contributed by atoms with van der Waals surface area (Å²) in [6.07, 6.45) is 0. The molecule has 0 fully saturated rings. The van der Waals surface area contributed by atoms with Gasteiger partial charge >= 0.3 is 11.9 Å². The Morgan fingerprint density at radius 2 is 1.60 bits per heavy atom. The molecule has 0 heterocycles. The van der Waals surface area contributed by atoms with E-state index in [0.29, 0.717) is 6.54 Å². The molecule has 0 aromatic carbocycles. The molecule has 88 valence electrons. The largest absolute Gasteiger partial charge is 0.468 e. The van der Waals surface area contributed by atoms with Crippen LogP contribution >= 0.6 is 0 Å². The van der Waals surface area contributed by atoms with E-state index in [2.05, 4.69) is 9.47 Å². The van der Waals surface area contributed by atoms with Gasteiger partial charge in [0.25, 0.3) is 0 Å². The van der Waals surface area contributed by atoms with Gasteiger partial charge in [0, 0.05) is 12.6 Å². The maximum absolute atomic E-state index is 11.1. The van der Waals surface area contributed by atoms with Crippen molar-refractivity contribution in [1.29, 1.82) is 0 Å². The molecule has 1 atom stereocenters. The Labute approximate surface area is 89.3 Å². The van der Waals surface area contributed by atoms with E-state index < -0.39 is 11.9 Å². The summed E-state index contributed by atoms with van der Waals surface area (Å²) in [5, 5.41) is 0. The van der Waals surface area contributed by atoms with Crippen molar-refractivity contribution in [1.82, 2.24) is 4.90 Å². The molecule has 6 heteroatoms. The van der Waals surface area contributed by atoms with Crippen molar-refractivity contribution in [2.45, 2.75) is 13.0 Å². The van der Waals surface area contributed by atoms with Crippen LogP contribution in [0.25, 0.3) is 0 Å². The maximum Gasteiger partial charge on any atom is 0.319 e. The second kappa shape index (κ2) is 7.19. The normalized spacial score (nSPS) is 12.3. The van der Waals surface area contributed by atoms with E-state index in [0.717, 1.165) is 0 Å². The summed E-state index contributed by atoms with van der Waals surface area (Å²) in [5.74, 6) is -0.807. The monoisotopic (exact) mass is 218 g/mol. The molecule has 2 N–H and O–H groups in total. The van der Waals surface area contributed by atoms with Crippen molar-refractivity contribution in [2.24, 2.45) is 5.73 Å². The molecule has 0 bridgehead atoms. The highest BCUT2D eigenvalue weighted by molar-refractivity contribution is 5.74. The van der Waals surface area contributed by atoms with Crippen LogP contribution < -0.4 is 5.73 Å². The Kier molecular flexibility index (Phi) is 6.64. The summed E-state index contributed by atoms with van der Waals surface area (Å²) in [7, 11) is 2.59. The predicted octanol–water partition coefficient (Wildman–Crippen LogP) is -1.02. The molecular weight excluding hydrogens is 200 g/mol. The van der Waals surface area contributed by atoms with Gasteiger partial charge in [-0.1, -0.05) is 0 Å². The first kappa shape index (κ1) is 13.9. The highest BCUT2D eigenvalue weighted by Gasteiger charge is 2.19. The molecular formula is C9H18N2O4. The van der Waals surface area contributed by atoms with E-state index in [1.54, 1.807) is 4.90 Å². The van der Waals surface area contributed by atoms with Gasteiger partial charge in [-0.25, -0.2) is 0 Å². The minimum atomic E-state index is -0.404. The Morgan fingerprint density at radius 3 is 1.87 bits per heavy atom. The van der Waals surface area contributed by atoms with Gasteiger partial charge in [-0.05, 0) is 6.92 Å². The van der Waals surface area contributed by atoms with Crippen LogP contribution in [0.15, 0.2) is 0 Å². The van der Waals surface area contributed by atoms with Crippen molar-refractivity contribution >= 4 is 11.9 Å². The number of ether oxygens (including phenoxy) is 2. The highest BCUT2D eigenvalue weighted by atomic mass is 16.5. The Bertz CT molecular complexity index is 202. The predicted molar refractivity (Wildman–Crippen MR) is 54.1 cm³/mol. The molecule has 0 radical (unpaired) electrons. The average molecular weight is 218 g/mol. The first-order valence-electron chi connectivity index (χ1n) is 4.62. The lowest BCUT2D eigenvalue weighted by Crippen LogP contribution is -2.44. The molecule has 0 aliphatic heterocycles. The lowest BCUT2D eigenvalue weighted by atomic mass is 10.3. The summed E-state index contributed by atoms with van der Waals surface area (Å²) < 4.78 is 9.03. The number of rotatable bonds is 6. The Morgan fingerprint density at radius 1 is 1.20 bits per heavy atom. The first-order valence-corrected chi connectivity index (χ1v) is 4.62. The summed E-state index contributed by atoms with van der Waals surface area (Å²) in [6, 6.07) is -0.0804.